The lowest BCUT2D eigenvalue weighted by Crippen LogP contribution is -1.88. The van der Waals surface area contributed by atoms with Gasteiger partial charge in [-0.2, -0.15) is 0 Å². The summed E-state index contributed by atoms with van der Waals surface area (Å²) in [6.07, 6.45) is 6.88. The Hall–Kier alpha value is -0.520. The van der Waals surface area contributed by atoms with Gasteiger partial charge >= 0.3 is 0 Å². The predicted molar refractivity (Wildman–Crippen MR) is 53.1 cm³/mol. The Bertz CT molecular complexity index is 143. The Kier molecular flexibility index (Phi) is 8.20. The molecule has 0 unspecified atom stereocenters. The largest absolute Gasteiger partial charge is 0.396 e. The molecule has 12 heavy (non-hydrogen) atoms. The van der Waals surface area contributed by atoms with E-state index in [4.69, 9.17) is 5.11 Å². The van der Waals surface area contributed by atoms with E-state index in [1.165, 1.54) is 31.3 Å². The van der Waals surface area contributed by atoms with Crippen molar-refractivity contribution in [1.82, 2.24) is 0 Å². The van der Waals surface area contributed by atoms with Crippen LogP contribution in [0.2, 0.25) is 0 Å². The minimum absolute atomic E-state index is 0.228. The summed E-state index contributed by atoms with van der Waals surface area (Å²) in [4.78, 5) is 0. The average Bonchev–Trinajstić information content (AvgIpc) is 2.10. The Morgan fingerprint density at radius 1 is 1.25 bits per heavy atom. The summed E-state index contributed by atoms with van der Waals surface area (Å²) in [5.41, 5.74) is 4.06. The molecule has 0 aliphatic heterocycles. The van der Waals surface area contributed by atoms with Crippen LogP contribution in [0.25, 0.3) is 0 Å². The highest BCUT2D eigenvalue weighted by Crippen LogP contribution is 2.11. The van der Waals surface area contributed by atoms with Gasteiger partial charge in [0.15, 0.2) is 0 Å². The third-order valence-electron chi connectivity index (χ3n) is 2.00. The molecule has 0 spiro atoms. The molecule has 0 saturated heterocycles. The molecule has 0 heterocycles. The fraction of sp³-hybridized carbons (Fsp3) is 0.727. The van der Waals surface area contributed by atoms with Gasteiger partial charge in [0.25, 0.3) is 0 Å². The molecular formula is C11H20O. The average molecular weight is 168 g/mol. The van der Waals surface area contributed by atoms with Gasteiger partial charge in [-0.15, -0.1) is 5.73 Å². The van der Waals surface area contributed by atoms with Crippen molar-refractivity contribution in [3.63, 3.8) is 0 Å². The molecule has 0 aromatic rings. The first-order valence-electron chi connectivity index (χ1n) is 4.83. The maximum absolute atomic E-state index is 8.68. The smallest absolute Gasteiger partial charge is 0.0474 e. The number of unbranched alkanes of at least 4 members (excludes halogenated alkanes) is 3. The van der Waals surface area contributed by atoms with Crippen molar-refractivity contribution in [2.75, 3.05) is 6.61 Å². The lowest BCUT2D eigenvalue weighted by molar-refractivity contribution is 0.297. The van der Waals surface area contributed by atoms with Crippen LogP contribution in [0.3, 0.4) is 0 Å². The lowest BCUT2D eigenvalue weighted by atomic mass is 10.1. The number of hydrogen-bond donors (Lipinski definition) is 1. The first-order valence-corrected chi connectivity index (χ1v) is 4.83. The zero-order valence-electron chi connectivity index (χ0n) is 8.10. The molecule has 0 amide bonds. The topological polar surface area (TPSA) is 20.2 Å². The van der Waals surface area contributed by atoms with Gasteiger partial charge in [0.2, 0.25) is 0 Å². The van der Waals surface area contributed by atoms with Gasteiger partial charge in [-0.25, -0.2) is 0 Å². The van der Waals surface area contributed by atoms with E-state index in [9.17, 15) is 0 Å². The normalized spacial score (nSPS) is 9.50. The molecule has 0 fully saturated rings. The highest BCUT2D eigenvalue weighted by molar-refractivity contribution is 4.98. The summed E-state index contributed by atoms with van der Waals surface area (Å²) in [6.45, 7) is 6.04. The van der Waals surface area contributed by atoms with Crippen molar-refractivity contribution in [3.8, 4) is 0 Å². The van der Waals surface area contributed by atoms with Gasteiger partial charge in [0.05, 0.1) is 0 Å². The summed E-state index contributed by atoms with van der Waals surface area (Å²) in [6, 6.07) is 0. The summed E-state index contributed by atoms with van der Waals surface area (Å²) in [5, 5.41) is 8.68. The second kappa shape index (κ2) is 8.58. The Morgan fingerprint density at radius 2 is 2.00 bits per heavy atom. The molecule has 0 aromatic carbocycles. The molecular weight excluding hydrogens is 148 g/mol. The van der Waals surface area contributed by atoms with E-state index in [2.05, 4.69) is 19.2 Å². The van der Waals surface area contributed by atoms with Gasteiger partial charge in [-0.1, -0.05) is 32.8 Å². The fourth-order valence-corrected chi connectivity index (χ4v) is 1.20. The lowest BCUT2D eigenvalue weighted by Gasteiger charge is -2.01. The van der Waals surface area contributed by atoms with Crippen molar-refractivity contribution < 1.29 is 5.11 Å². The van der Waals surface area contributed by atoms with Crippen LogP contribution in [-0.4, -0.2) is 11.7 Å². The number of aliphatic hydroxyl groups is 1. The van der Waals surface area contributed by atoms with E-state index in [1.807, 2.05) is 0 Å². The zero-order chi connectivity index (χ0) is 9.23. The van der Waals surface area contributed by atoms with Crippen LogP contribution in [0.1, 0.15) is 45.4 Å². The molecule has 1 nitrogen and oxygen atoms in total. The Balaban J connectivity index is 3.39. The molecule has 1 N–H and O–H groups in total. The fourth-order valence-electron chi connectivity index (χ4n) is 1.20. The maximum Gasteiger partial charge on any atom is 0.0474 e. The third kappa shape index (κ3) is 6.21. The predicted octanol–water partition coefficient (Wildman–Crippen LogP) is 3.05. The summed E-state index contributed by atoms with van der Waals surface area (Å²) in [5.74, 6) is 0. The molecule has 0 atom stereocenters. The van der Waals surface area contributed by atoms with E-state index >= 15 is 0 Å². The van der Waals surface area contributed by atoms with Crippen LogP contribution in [-0.2, 0) is 0 Å². The van der Waals surface area contributed by atoms with Crippen LogP contribution in [0.15, 0.2) is 17.9 Å². The summed E-state index contributed by atoms with van der Waals surface area (Å²) < 4.78 is 0. The van der Waals surface area contributed by atoms with Gasteiger partial charge < -0.3 is 5.11 Å². The highest BCUT2D eigenvalue weighted by Gasteiger charge is 1.95. The SMILES string of the molecule is C=C=C(CCO)CCCCCC. The molecule has 0 saturated carbocycles. The highest BCUT2D eigenvalue weighted by atomic mass is 16.2. The second-order valence-electron chi connectivity index (χ2n) is 3.06. The van der Waals surface area contributed by atoms with Crippen molar-refractivity contribution in [1.29, 1.82) is 0 Å². The quantitative estimate of drug-likeness (QED) is 0.457. The first kappa shape index (κ1) is 11.5. The summed E-state index contributed by atoms with van der Waals surface area (Å²) in [7, 11) is 0. The third-order valence-corrected chi connectivity index (χ3v) is 2.00. The minimum Gasteiger partial charge on any atom is -0.396 e. The van der Waals surface area contributed by atoms with Crippen molar-refractivity contribution >= 4 is 0 Å². The van der Waals surface area contributed by atoms with Gasteiger partial charge in [0.1, 0.15) is 0 Å². The van der Waals surface area contributed by atoms with Gasteiger partial charge in [0, 0.05) is 6.61 Å². The van der Waals surface area contributed by atoms with Crippen LogP contribution >= 0.6 is 0 Å². The molecule has 0 rings (SSSR count). The minimum atomic E-state index is 0.228. The number of rotatable bonds is 7. The second-order valence-corrected chi connectivity index (χ2v) is 3.06. The molecule has 0 radical (unpaired) electrons. The number of hydrogen-bond acceptors (Lipinski definition) is 1. The van der Waals surface area contributed by atoms with Crippen LogP contribution in [0, 0.1) is 0 Å². The maximum atomic E-state index is 8.68. The molecule has 0 aliphatic carbocycles. The van der Waals surface area contributed by atoms with Crippen LogP contribution in [0.5, 0.6) is 0 Å². The Labute approximate surface area is 75.8 Å². The molecule has 70 valence electrons. The van der Waals surface area contributed by atoms with Crippen molar-refractivity contribution in [3.05, 3.63) is 17.9 Å². The van der Waals surface area contributed by atoms with Crippen LogP contribution in [0.4, 0.5) is 0 Å². The molecule has 0 aromatic heterocycles. The van der Waals surface area contributed by atoms with E-state index in [1.54, 1.807) is 0 Å². The van der Waals surface area contributed by atoms with E-state index < -0.39 is 0 Å². The van der Waals surface area contributed by atoms with E-state index in [0.717, 1.165) is 12.8 Å². The van der Waals surface area contributed by atoms with Gasteiger partial charge in [-0.3, -0.25) is 0 Å². The standard InChI is InChI=1S/C11H20O/c1-3-5-6-7-8-11(4-2)9-10-12/h12H,2-3,5-10H2,1H3. The summed E-state index contributed by atoms with van der Waals surface area (Å²) >= 11 is 0. The number of aliphatic hydroxyl groups excluding tert-OH is 1. The molecule has 1 heteroatoms. The van der Waals surface area contributed by atoms with Crippen LogP contribution < -0.4 is 0 Å². The monoisotopic (exact) mass is 168 g/mol. The van der Waals surface area contributed by atoms with Crippen molar-refractivity contribution in [2.24, 2.45) is 0 Å². The zero-order valence-corrected chi connectivity index (χ0v) is 8.10. The van der Waals surface area contributed by atoms with Gasteiger partial charge in [-0.05, 0) is 24.8 Å². The molecule has 0 bridgehead atoms. The van der Waals surface area contributed by atoms with E-state index in [-0.39, 0.29) is 6.61 Å². The first-order chi connectivity index (χ1) is 5.85. The Morgan fingerprint density at radius 3 is 2.50 bits per heavy atom. The van der Waals surface area contributed by atoms with E-state index in [0.29, 0.717) is 0 Å². The van der Waals surface area contributed by atoms with Crippen molar-refractivity contribution in [2.45, 2.75) is 45.4 Å². The molecule has 0 aliphatic rings.